The minimum absolute atomic E-state index is 0.244. The van der Waals surface area contributed by atoms with Crippen LogP contribution in [0.4, 0.5) is 0 Å². The molecule has 2 rings (SSSR count). The molecule has 0 spiro atoms. The van der Waals surface area contributed by atoms with E-state index < -0.39 is 0 Å². The van der Waals surface area contributed by atoms with Crippen LogP contribution in [0.1, 0.15) is 45.3 Å². The lowest BCUT2D eigenvalue weighted by Gasteiger charge is -2.37. The topological polar surface area (TPSA) is 25.2 Å². The first-order chi connectivity index (χ1) is 7.73. The van der Waals surface area contributed by atoms with E-state index in [1.807, 2.05) is 6.07 Å². The summed E-state index contributed by atoms with van der Waals surface area (Å²) in [5.41, 5.74) is 0.244. The maximum atomic E-state index is 5.51. The maximum absolute atomic E-state index is 5.51. The van der Waals surface area contributed by atoms with Crippen LogP contribution >= 0.6 is 0 Å². The predicted molar refractivity (Wildman–Crippen MR) is 66.5 cm³/mol. The van der Waals surface area contributed by atoms with Gasteiger partial charge >= 0.3 is 0 Å². The Hall–Kier alpha value is -0.760. The van der Waals surface area contributed by atoms with Gasteiger partial charge in [-0.2, -0.15) is 0 Å². The Morgan fingerprint density at radius 2 is 2.25 bits per heavy atom. The van der Waals surface area contributed by atoms with Gasteiger partial charge in [0.05, 0.1) is 6.26 Å². The van der Waals surface area contributed by atoms with E-state index in [9.17, 15) is 0 Å². The van der Waals surface area contributed by atoms with Crippen LogP contribution < -0.4 is 5.32 Å². The molecular weight excluding hydrogens is 198 g/mol. The van der Waals surface area contributed by atoms with E-state index >= 15 is 0 Å². The third-order valence-electron chi connectivity index (χ3n) is 3.95. The highest BCUT2D eigenvalue weighted by Gasteiger charge is 2.34. The summed E-state index contributed by atoms with van der Waals surface area (Å²) in [6.07, 6.45) is 8.08. The van der Waals surface area contributed by atoms with Gasteiger partial charge < -0.3 is 9.73 Å². The number of furan rings is 1. The number of hydrogen-bond acceptors (Lipinski definition) is 2. The minimum Gasteiger partial charge on any atom is -0.469 e. The Morgan fingerprint density at radius 3 is 2.94 bits per heavy atom. The molecule has 0 amide bonds. The van der Waals surface area contributed by atoms with Gasteiger partial charge in [0.1, 0.15) is 5.76 Å². The molecule has 16 heavy (non-hydrogen) atoms. The number of rotatable bonds is 3. The van der Waals surface area contributed by atoms with Crippen LogP contribution in [-0.2, 0) is 6.42 Å². The summed E-state index contributed by atoms with van der Waals surface area (Å²) in [6.45, 7) is 5.79. The summed E-state index contributed by atoms with van der Waals surface area (Å²) in [5, 5.41) is 3.77. The van der Waals surface area contributed by atoms with Crippen LogP contribution in [0.15, 0.2) is 22.8 Å². The second kappa shape index (κ2) is 5.05. The van der Waals surface area contributed by atoms with Gasteiger partial charge in [0, 0.05) is 12.0 Å². The fraction of sp³-hybridized carbons (Fsp3) is 0.714. The van der Waals surface area contributed by atoms with E-state index in [0.717, 1.165) is 18.7 Å². The quantitative estimate of drug-likeness (QED) is 0.846. The first kappa shape index (κ1) is 11.7. The number of nitrogens with one attached hydrogen (secondary N) is 1. The van der Waals surface area contributed by atoms with E-state index in [1.165, 1.54) is 25.7 Å². The van der Waals surface area contributed by atoms with Crippen molar-refractivity contribution in [2.45, 2.75) is 51.5 Å². The minimum atomic E-state index is 0.244. The second-order valence-corrected chi connectivity index (χ2v) is 5.30. The Balaban J connectivity index is 2.13. The van der Waals surface area contributed by atoms with Gasteiger partial charge in [-0.3, -0.25) is 0 Å². The Morgan fingerprint density at radius 1 is 1.38 bits per heavy atom. The fourth-order valence-corrected chi connectivity index (χ4v) is 2.74. The molecule has 0 bridgehead atoms. The molecular formula is C14H23NO. The van der Waals surface area contributed by atoms with Crippen LogP contribution in [0.5, 0.6) is 0 Å². The molecule has 1 aliphatic heterocycles. The van der Waals surface area contributed by atoms with E-state index in [-0.39, 0.29) is 5.54 Å². The smallest absolute Gasteiger partial charge is 0.105 e. The van der Waals surface area contributed by atoms with Crippen molar-refractivity contribution in [3.05, 3.63) is 24.2 Å². The summed E-state index contributed by atoms with van der Waals surface area (Å²) in [7, 11) is 0. The summed E-state index contributed by atoms with van der Waals surface area (Å²) < 4.78 is 5.51. The van der Waals surface area contributed by atoms with Crippen LogP contribution in [0.3, 0.4) is 0 Å². The lowest BCUT2D eigenvalue weighted by Crippen LogP contribution is -2.50. The molecule has 1 aromatic heterocycles. The van der Waals surface area contributed by atoms with E-state index in [1.54, 1.807) is 6.26 Å². The molecule has 2 nitrogen and oxygen atoms in total. The molecule has 2 heteroatoms. The van der Waals surface area contributed by atoms with Gasteiger partial charge in [-0.05, 0) is 37.4 Å². The van der Waals surface area contributed by atoms with Crippen molar-refractivity contribution in [1.82, 2.24) is 5.32 Å². The standard InChI is InChI=1S/C14H23NO/c1-12(2)14(8-4-3-5-9-15-14)11-13-7-6-10-16-13/h6-7,10,12,15H,3-5,8-9,11H2,1-2H3. The van der Waals surface area contributed by atoms with Gasteiger partial charge in [0.25, 0.3) is 0 Å². The van der Waals surface area contributed by atoms with Crippen molar-refractivity contribution in [3.63, 3.8) is 0 Å². The van der Waals surface area contributed by atoms with Crippen LogP contribution in [0, 0.1) is 5.92 Å². The molecule has 1 aliphatic rings. The van der Waals surface area contributed by atoms with Crippen LogP contribution in [0.2, 0.25) is 0 Å². The first-order valence-corrected chi connectivity index (χ1v) is 6.50. The first-order valence-electron chi connectivity index (χ1n) is 6.50. The largest absolute Gasteiger partial charge is 0.469 e. The molecule has 0 aromatic carbocycles. The third kappa shape index (κ3) is 2.49. The molecule has 1 aromatic rings. The maximum Gasteiger partial charge on any atom is 0.105 e. The van der Waals surface area contributed by atoms with Gasteiger partial charge in [0.2, 0.25) is 0 Å². The van der Waals surface area contributed by atoms with Crippen molar-refractivity contribution in [2.24, 2.45) is 5.92 Å². The van der Waals surface area contributed by atoms with E-state index in [0.29, 0.717) is 5.92 Å². The van der Waals surface area contributed by atoms with Gasteiger partial charge in [-0.15, -0.1) is 0 Å². The van der Waals surface area contributed by atoms with Crippen LogP contribution in [-0.4, -0.2) is 12.1 Å². The highest BCUT2D eigenvalue weighted by Crippen LogP contribution is 2.30. The summed E-state index contributed by atoms with van der Waals surface area (Å²) in [6, 6.07) is 4.08. The monoisotopic (exact) mass is 221 g/mol. The molecule has 1 unspecified atom stereocenters. The Kier molecular flexibility index (Phi) is 3.70. The zero-order chi connectivity index (χ0) is 11.4. The van der Waals surface area contributed by atoms with Gasteiger partial charge in [-0.1, -0.05) is 26.7 Å². The molecule has 1 fully saturated rings. The lowest BCUT2D eigenvalue weighted by molar-refractivity contribution is 0.213. The normalized spacial score (nSPS) is 26.9. The average molecular weight is 221 g/mol. The highest BCUT2D eigenvalue weighted by molar-refractivity contribution is 5.07. The summed E-state index contributed by atoms with van der Waals surface area (Å²) in [5.74, 6) is 1.76. The van der Waals surface area contributed by atoms with Gasteiger partial charge in [-0.25, -0.2) is 0 Å². The number of hydrogen-bond donors (Lipinski definition) is 1. The van der Waals surface area contributed by atoms with E-state index in [2.05, 4.69) is 25.2 Å². The van der Waals surface area contributed by atoms with Gasteiger partial charge in [0.15, 0.2) is 0 Å². The summed E-state index contributed by atoms with van der Waals surface area (Å²) in [4.78, 5) is 0. The molecule has 0 aliphatic carbocycles. The molecule has 0 radical (unpaired) electrons. The highest BCUT2D eigenvalue weighted by atomic mass is 16.3. The predicted octanol–water partition coefficient (Wildman–Crippen LogP) is 3.38. The van der Waals surface area contributed by atoms with Crippen molar-refractivity contribution in [1.29, 1.82) is 0 Å². The fourth-order valence-electron chi connectivity index (χ4n) is 2.74. The zero-order valence-electron chi connectivity index (χ0n) is 10.5. The molecule has 1 atom stereocenters. The van der Waals surface area contributed by atoms with Crippen molar-refractivity contribution < 1.29 is 4.42 Å². The second-order valence-electron chi connectivity index (χ2n) is 5.30. The van der Waals surface area contributed by atoms with Crippen LogP contribution in [0.25, 0.3) is 0 Å². The molecule has 1 saturated heterocycles. The molecule has 1 N–H and O–H groups in total. The Bertz CT molecular complexity index is 295. The summed E-state index contributed by atoms with van der Waals surface area (Å²) >= 11 is 0. The van der Waals surface area contributed by atoms with Crippen molar-refractivity contribution in [3.8, 4) is 0 Å². The molecule has 0 saturated carbocycles. The van der Waals surface area contributed by atoms with Crippen molar-refractivity contribution >= 4 is 0 Å². The average Bonchev–Trinajstić information content (AvgIpc) is 2.62. The SMILES string of the molecule is CC(C)C1(Cc2ccco2)CCCCCN1. The zero-order valence-corrected chi connectivity index (χ0v) is 10.5. The third-order valence-corrected chi connectivity index (χ3v) is 3.95. The van der Waals surface area contributed by atoms with E-state index in [4.69, 9.17) is 4.42 Å². The Labute approximate surface area is 98.4 Å². The molecule has 90 valence electrons. The van der Waals surface area contributed by atoms with Crippen molar-refractivity contribution in [2.75, 3.05) is 6.54 Å². The lowest BCUT2D eigenvalue weighted by atomic mass is 9.79. The molecule has 2 heterocycles.